The van der Waals surface area contributed by atoms with Gasteiger partial charge in [-0.2, -0.15) is 0 Å². The van der Waals surface area contributed by atoms with Crippen LogP contribution in [0.3, 0.4) is 0 Å². The number of rotatable bonds is 14. The summed E-state index contributed by atoms with van der Waals surface area (Å²) >= 11 is 0. The van der Waals surface area contributed by atoms with Gasteiger partial charge in [0.2, 0.25) is 10.0 Å². The van der Waals surface area contributed by atoms with Crippen molar-refractivity contribution in [2.24, 2.45) is 0 Å². The third-order valence-corrected chi connectivity index (χ3v) is 4.54. The highest BCUT2D eigenvalue weighted by Crippen LogP contribution is 2.18. The Bertz CT molecular complexity index is 331. The van der Waals surface area contributed by atoms with Crippen LogP contribution in [0.25, 0.3) is 0 Å². The topological polar surface area (TPSA) is 76.7 Å². The van der Waals surface area contributed by atoms with Crippen LogP contribution in [0.4, 0.5) is 0 Å². The molecule has 0 atom stereocenters. The molecule has 1 saturated carbocycles. The second kappa shape index (κ2) is 10.5. The zero-order valence-corrected chi connectivity index (χ0v) is 13.2. The smallest absolute Gasteiger partial charge is 0.211 e. The normalized spacial score (nSPS) is 15.7. The van der Waals surface area contributed by atoms with E-state index in [0.717, 1.165) is 13.0 Å². The summed E-state index contributed by atoms with van der Waals surface area (Å²) in [6.07, 6.45) is 4.85. The van der Waals surface area contributed by atoms with Crippen LogP contribution >= 0.6 is 0 Å². The van der Waals surface area contributed by atoms with Gasteiger partial charge in [0.15, 0.2) is 0 Å². The maximum Gasteiger partial charge on any atom is 0.211 e. The molecule has 1 aliphatic rings. The minimum Gasteiger partial charge on any atom is -0.382 e. The molecule has 0 aromatic carbocycles. The minimum atomic E-state index is -3.12. The van der Waals surface area contributed by atoms with Crippen LogP contribution in [0, 0.1) is 0 Å². The van der Waals surface area contributed by atoms with Gasteiger partial charge in [-0.15, -0.1) is 0 Å². The quantitative estimate of drug-likeness (QED) is 0.457. The van der Waals surface area contributed by atoms with Crippen LogP contribution in [-0.4, -0.2) is 60.2 Å². The van der Waals surface area contributed by atoms with Gasteiger partial charge >= 0.3 is 0 Å². The molecule has 1 aliphatic carbocycles. The molecule has 0 aromatic heterocycles. The lowest BCUT2D eigenvalue weighted by Gasteiger charge is -2.07. The monoisotopic (exact) mass is 308 g/mol. The molecule has 0 heterocycles. The number of sulfonamides is 1. The Labute approximate surface area is 122 Å². The zero-order valence-electron chi connectivity index (χ0n) is 12.4. The maximum absolute atomic E-state index is 11.7. The van der Waals surface area contributed by atoms with Crippen LogP contribution in [0.5, 0.6) is 0 Å². The highest BCUT2D eigenvalue weighted by Gasteiger charge is 2.19. The van der Waals surface area contributed by atoms with Crippen molar-refractivity contribution in [1.29, 1.82) is 0 Å². The van der Waals surface area contributed by atoms with E-state index in [1.54, 1.807) is 7.11 Å². The van der Waals surface area contributed by atoms with Crippen molar-refractivity contribution >= 4 is 10.0 Å². The van der Waals surface area contributed by atoms with Crippen molar-refractivity contribution in [3.05, 3.63) is 0 Å². The van der Waals surface area contributed by atoms with Crippen molar-refractivity contribution in [1.82, 2.24) is 10.0 Å². The van der Waals surface area contributed by atoms with E-state index in [0.29, 0.717) is 45.2 Å². The van der Waals surface area contributed by atoms with Crippen LogP contribution in [0.1, 0.15) is 32.1 Å². The molecular weight excluding hydrogens is 280 g/mol. The number of unbranched alkanes of at least 4 members (excludes halogenated alkanes) is 1. The lowest BCUT2D eigenvalue weighted by molar-refractivity contribution is 0.0699. The molecular formula is C13H28N2O4S. The molecule has 1 rings (SSSR count). The fourth-order valence-corrected chi connectivity index (χ4v) is 2.91. The molecule has 0 saturated heterocycles. The Hall–Kier alpha value is -0.210. The molecule has 0 aliphatic heterocycles. The predicted octanol–water partition coefficient (Wildman–Crippen LogP) is 0.491. The van der Waals surface area contributed by atoms with E-state index in [4.69, 9.17) is 9.47 Å². The summed E-state index contributed by atoms with van der Waals surface area (Å²) in [6, 6.07) is 0.697. The second-order valence-electron chi connectivity index (χ2n) is 5.11. The van der Waals surface area contributed by atoms with Crippen LogP contribution in [-0.2, 0) is 19.5 Å². The minimum absolute atomic E-state index is 0.212. The van der Waals surface area contributed by atoms with Gasteiger partial charge in [0.05, 0.1) is 19.0 Å². The van der Waals surface area contributed by atoms with E-state index in [-0.39, 0.29) is 5.75 Å². The molecule has 0 spiro atoms. The highest BCUT2D eigenvalue weighted by molar-refractivity contribution is 7.89. The molecule has 1 fully saturated rings. The predicted molar refractivity (Wildman–Crippen MR) is 79.4 cm³/mol. The summed E-state index contributed by atoms with van der Waals surface area (Å²) in [5.74, 6) is 0.212. The van der Waals surface area contributed by atoms with Gasteiger partial charge in [0.25, 0.3) is 0 Å². The highest BCUT2D eigenvalue weighted by atomic mass is 32.2. The van der Waals surface area contributed by atoms with Crippen molar-refractivity contribution in [2.45, 2.75) is 38.1 Å². The summed E-state index contributed by atoms with van der Waals surface area (Å²) in [6.45, 7) is 3.04. The van der Waals surface area contributed by atoms with Gasteiger partial charge in [-0.3, -0.25) is 0 Å². The fraction of sp³-hybridized carbons (Fsp3) is 1.00. The fourth-order valence-electron chi connectivity index (χ4n) is 1.73. The molecule has 0 bridgehead atoms. The summed E-state index contributed by atoms with van der Waals surface area (Å²) in [5.41, 5.74) is 0. The van der Waals surface area contributed by atoms with Crippen molar-refractivity contribution in [2.75, 3.05) is 45.8 Å². The first-order valence-corrected chi connectivity index (χ1v) is 9.06. The van der Waals surface area contributed by atoms with Gasteiger partial charge in [-0.05, 0) is 38.6 Å². The lowest BCUT2D eigenvalue weighted by Crippen LogP contribution is -2.28. The molecule has 7 heteroatoms. The van der Waals surface area contributed by atoms with E-state index in [1.165, 1.54) is 12.8 Å². The van der Waals surface area contributed by atoms with Gasteiger partial charge < -0.3 is 14.8 Å². The summed E-state index contributed by atoms with van der Waals surface area (Å²) in [5, 5.41) is 3.38. The Morgan fingerprint density at radius 3 is 2.55 bits per heavy atom. The Morgan fingerprint density at radius 1 is 1.05 bits per heavy atom. The number of methoxy groups -OCH3 is 1. The van der Waals surface area contributed by atoms with Crippen LogP contribution in [0.15, 0.2) is 0 Å². The van der Waals surface area contributed by atoms with E-state index in [1.807, 2.05) is 0 Å². The molecule has 20 heavy (non-hydrogen) atoms. The summed E-state index contributed by atoms with van der Waals surface area (Å²) in [7, 11) is -1.50. The first-order valence-electron chi connectivity index (χ1n) is 7.41. The standard InChI is InChI=1S/C13H28N2O4S/c1-18-10-11-19-9-4-8-15-20(16,17)12-3-2-7-14-13-5-6-13/h13-15H,2-12H2,1H3. The van der Waals surface area contributed by atoms with E-state index >= 15 is 0 Å². The summed E-state index contributed by atoms with van der Waals surface area (Å²) < 4.78 is 36.1. The number of nitrogens with one attached hydrogen (secondary N) is 2. The van der Waals surface area contributed by atoms with Gasteiger partial charge in [-0.25, -0.2) is 13.1 Å². The van der Waals surface area contributed by atoms with Gasteiger partial charge in [0.1, 0.15) is 0 Å². The molecule has 6 nitrogen and oxygen atoms in total. The van der Waals surface area contributed by atoms with E-state index < -0.39 is 10.0 Å². The first kappa shape index (κ1) is 17.8. The maximum atomic E-state index is 11.7. The second-order valence-corrected chi connectivity index (χ2v) is 7.03. The Balaban J connectivity index is 1.88. The van der Waals surface area contributed by atoms with Crippen LogP contribution in [0.2, 0.25) is 0 Å². The van der Waals surface area contributed by atoms with Crippen LogP contribution < -0.4 is 10.0 Å². The SMILES string of the molecule is COCCOCCCNS(=O)(=O)CCCCNC1CC1. The van der Waals surface area contributed by atoms with Crippen molar-refractivity contribution in [3.8, 4) is 0 Å². The number of ether oxygens (including phenoxy) is 2. The third kappa shape index (κ3) is 10.6. The molecule has 0 amide bonds. The van der Waals surface area contributed by atoms with Crippen molar-refractivity contribution in [3.63, 3.8) is 0 Å². The van der Waals surface area contributed by atoms with E-state index in [9.17, 15) is 8.42 Å². The molecule has 0 radical (unpaired) electrons. The van der Waals surface area contributed by atoms with Gasteiger partial charge in [0, 0.05) is 26.3 Å². The Kier molecular flexibility index (Phi) is 9.37. The molecule has 2 N–H and O–H groups in total. The molecule has 120 valence electrons. The van der Waals surface area contributed by atoms with E-state index in [2.05, 4.69) is 10.0 Å². The van der Waals surface area contributed by atoms with Gasteiger partial charge in [-0.1, -0.05) is 0 Å². The Morgan fingerprint density at radius 2 is 1.85 bits per heavy atom. The average molecular weight is 308 g/mol. The largest absolute Gasteiger partial charge is 0.382 e. The average Bonchev–Trinajstić information content (AvgIpc) is 3.21. The first-order chi connectivity index (χ1) is 9.64. The summed E-state index contributed by atoms with van der Waals surface area (Å²) in [4.78, 5) is 0. The third-order valence-electron chi connectivity index (χ3n) is 3.07. The number of hydrogen-bond donors (Lipinski definition) is 2. The molecule has 0 aromatic rings. The van der Waals surface area contributed by atoms with Crippen molar-refractivity contribution < 1.29 is 17.9 Å². The number of hydrogen-bond acceptors (Lipinski definition) is 5. The molecule has 0 unspecified atom stereocenters. The lowest BCUT2D eigenvalue weighted by atomic mass is 10.3. The zero-order chi connectivity index (χ0) is 14.7.